The summed E-state index contributed by atoms with van der Waals surface area (Å²) in [6.07, 6.45) is 5.33. The van der Waals surface area contributed by atoms with Crippen molar-refractivity contribution in [1.82, 2.24) is 10.3 Å². The number of nitrogens with two attached hydrogens (primary N) is 1. The zero-order chi connectivity index (χ0) is 9.97. The summed E-state index contributed by atoms with van der Waals surface area (Å²) in [6, 6.07) is 0.219. The first-order valence-electron chi connectivity index (χ1n) is 5.22. The minimum atomic E-state index is -0.0696. The van der Waals surface area contributed by atoms with Gasteiger partial charge in [0.1, 0.15) is 5.76 Å². The largest absolute Gasteiger partial charge is 0.442 e. The molecular weight excluding hydrogens is 178 g/mol. The van der Waals surface area contributed by atoms with Crippen LogP contribution in [0.15, 0.2) is 10.6 Å². The molecule has 0 aromatic carbocycles. The Morgan fingerprint density at radius 2 is 2.50 bits per heavy atom. The Labute approximate surface area is 83.9 Å². The maximum Gasteiger partial charge on any atom is 0.211 e. The van der Waals surface area contributed by atoms with Crippen LogP contribution in [0.3, 0.4) is 0 Å². The van der Waals surface area contributed by atoms with Gasteiger partial charge in [-0.3, -0.25) is 0 Å². The predicted octanol–water partition coefficient (Wildman–Crippen LogP) is 1.51. The second-order valence-electron chi connectivity index (χ2n) is 3.89. The maximum absolute atomic E-state index is 5.70. The molecule has 2 unspecified atom stereocenters. The van der Waals surface area contributed by atoms with Gasteiger partial charge in [0.15, 0.2) is 0 Å². The van der Waals surface area contributed by atoms with Crippen LogP contribution in [0.5, 0.6) is 0 Å². The highest BCUT2D eigenvalue weighted by atomic mass is 16.4. The third-order valence-corrected chi connectivity index (χ3v) is 2.60. The first-order chi connectivity index (χ1) is 6.77. The summed E-state index contributed by atoms with van der Waals surface area (Å²) in [5.41, 5.74) is 5.70. The van der Waals surface area contributed by atoms with E-state index in [0.29, 0.717) is 0 Å². The second kappa shape index (κ2) is 4.11. The lowest BCUT2D eigenvalue weighted by Gasteiger charge is -2.20. The summed E-state index contributed by atoms with van der Waals surface area (Å²) in [7, 11) is 0. The number of hydrogen-bond donors (Lipinski definition) is 2. The van der Waals surface area contributed by atoms with Gasteiger partial charge in [0.05, 0.1) is 18.3 Å². The molecule has 2 rings (SSSR count). The van der Waals surface area contributed by atoms with Gasteiger partial charge in [-0.25, -0.2) is 4.98 Å². The van der Waals surface area contributed by atoms with Crippen LogP contribution in [-0.4, -0.2) is 11.5 Å². The van der Waals surface area contributed by atoms with Gasteiger partial charge < -0.3 is 15.5 Å². The Morgan fingerprint density at radius 1 is 1.64 bits per heavy atom. The molecule has 78 valence electrons. The SMILES string of the molecule is CC(N)c1cnc(C2CCCCN2)o1. The van der Waals surface area contributed by atoms with E-state index < -0.39 is 0 Å². The lowest BCUT2D eigenvalue weighted by Crippen LogP contribution is -2.26. The fourth-order valence-corrected chi connectivity index (χ4v) is 1.73. The number of aromatic nitrogens is 1. The van der Waals surface area contributed by atoms with E-state index in [1.807, 2.05) is 6.92 Å². The molecule has 0 aliphatic carbocycles. The molecule has 3 N–H and O–H groups in total. The first-order valence-corrected chi connectivity index (χ1v) is 5.22. The minimum Gasteiger partial charge on any atom is -0.442 e. The van der Waals surface area contributed by atoms with Crippen molar-refractivity contribution in [1.29, 1.82) is 0 Å². The number of rotatable bonds is 2. The summed E-state index contributed by atoms with van der Waals surface area (Å²) >= 11 is 0. The zero-order valence-corrected chi connectivity index (χ0v) is 8.49. The van der Waals surface area contributed by atoms with Crippen molar-refractivity contribution in [3.8, 4) is 0 Å². The highest BCUT2D eigenvalue weighted by Gasteiger charge is 2.20. The van der Waals surface area contributed by atoms with E-state index in [0.717, 1.165) is 24.6 Å². The topological polar surface area (TPSA) is 64.1 Å². The zero-order valence-electron chi connectivity index (χ0n) is 8.49. The second-order valence-corrected chi connectivity index (χ2v) is 3.89. The van der Waals surface area contributed by atoms with Crippen molar-refractivity contribution in [2.75, 3.05) is 6.54 Å². The van der Waals surface area contributed by atoms with Crippen LogP contribution in [-0.2, 0) is 0 Å². The van der Waals surface area contributed by atoms with Gasteiger partial charge in [-0.05, 0) is 26.3 Å². The first kappa shape index (κ1) is 9.68. The van der Waals surface area contributed by atoms with Crippen molar-refractivity contribution in [3.63, 3.8) is 0 Å². The van der Waals surface area contributed by atoms with Crippen LogP contribution in [0.4, 0.5) is 0 Å². The van der Waals surface area contributed by atoms with Crippen LogP contribution in [0.2, 0.25) is 0 Å². The summed E-state index contributed by atoms with van der Waals surface area (Å²) in [4.78, 5) is 4.25. The Kier molecular flexibility index (Phi) is 2.84. The van der Waals surface area contributed by atoms with Crippen molar-refractivity contribution in [3.05, 3.63) is 17.8 Å². The van der Waals surface area contributed by atoms with Gasteiger partial charge in [-0.2, -0.15) is 0 Å². The number of nitrogens with one attached hydrogen (secondary N) is 1. The normalized spacial score (nSPS) is 24.9. The number of nitrogens with zero attached hydrogens (tertiary/aromatic N) is 1. The standard InChI is InChI=1S/C10H17N3O/c1-7(11)9-6-13-10(14-9)8-4-2-3-5-12-8/h6-8,12H,2-5,11H2,1H3. The number of hydrogen-bond acceptors (Lipinski definition) is 4. The third-order valence-electron chi connectivity index (χ3n) is 2.60. The molecule has 0 spiro atoms. The fraction of sp³-hybridized carbons (Fsp3) is 0.700. The molecule has 0 saturated carbocycles. The van der Waals surface area contributed by atoms with Crippen LogP contribution < -0.4 is 11.1 Å². The lowest BCUT2D eigenvalue weighted by atomic mass is 10.1. The molecule has 1 aliphatic rings. The third kappa shape index (κ3) is 1.96. The molecule has 2 heterocycles. The van der Waals surface area contributed by atoms with Crippen LogP contribution >= 0.6 is 0 Å². The molecule has 4 heteroatoms. The molecular formula is C10H17N3O. The smallest absolute Gasteiger partial charge is 0.211 e. The van der Waals surface area contributed by atoms with E-state index in [9.17, 15) is 0 Å². The quantitative estimate of drug-likeness (QED) is 0.750. The molecule has 2 atom stereocenters. The average Bonchev–Trinajstić information content (AvgIpc) is 2.68. The number of piperidine rings is 1. The Morgan fingerprint density at radius 3 is 3.07 bits per heavy atom. The van der Waals surface area contributed by atoms with Crippen molar-refractivity contribution >= 4 is 0 Å². The van der Waals surface area contributed by atoms with Crippen LogP contribution in [0, 0.1) is 0 Å². The van der Waals surface area contributed by atoms with E-state index >= 15 is 0 Å². The van der Waals surface area contributed by atoms with Gasteiger partial charge >= 0.3 is 0 Å². The van der Waals surface area contributed by atoms with Gasteiger partial charge in [0.2, 0.25) is 5.89 Å². The highest BCUT2D eigenvalue weighted by Crippen LogP contribution is 2.23. The summed E-state index contributed by atoms with van der Waals surface area (Å²) in [5.74, 6) is 1.56. The predicted molar refractivity (Wildman–Crippen MR) is 53.7 cm³/mol. The number of oxazole rings is 1. The van der Waals surface area contributed by atoms with E-state index in [1.165, 1.54) is 12.8 Å². The van der Waals surface area contributed by atoms with E-state index in [2.05, 4.69) is 10.3 Å². The molecule has 0 bridgehead atoms. The minimum absolute atomic E-state index is 0.0696. The monoisotopic (exact) mass is 195 g/mol. The highest BCUT2D eigenvalue weighted by molar-refractivity contribution is 5.02. The van der Waals surface area contributed by atoms with E-state index in [1.54, 1.807) is 6.20 Å². The van der Waals surface area contributed by atoms with Gasteiger partial charge in [0.25, 0.3) is 0 Å². The maximum atomic E-state index is 5.70. The summed E-state index contributed by atoms with van der Waals surface area (Å²) in [6.45, 7) is 2.96. The fourth-order valence-electron chi connectivity index (χ4n) is 1.73. The molecule has 1 fully saturated rings. The molecule has 0 amide bonds. The Hall–Kier alpha value is -0.870. The molecule has 1 aliphatic heterocycles. The van der Waals surface area contributed by atoms with Crippen LogP contribution in [0.1, 0.15) is 49.9 Å². The van der Waals surface area contributed by atoms with Gasteiger partial charge in [0, 0.05) is 0 Å². The Balaban J connectivity index is 2.07. The van der Waals surface area contributed by atoms with E-state index in [-0.39, 0.29) is 12.1 Å². The van der Waals surface area contributed by atoms with Crippen molar-refractivity contribution in [2.45, 2.75) is 38.3 Å². The molecule has 0 radical (unpaired) electrons. The van der Waals surface area contributed by atoms with Gasteiger partial charge in [-0.15, -0.1) is 0 Å². The Bertz CT molecular complexity index is 289. The molecule has 14 heavy (non-hydrogen) atoms. The average molecular weight is 195 g/mol. The molecule has 1 aromatic rings. The van der Waals surface area contributed by atoms with Crippen molar-refractivity contribution in [2.24, 2.45) is 5.73 Å². The van der Waals surface area contributed by atoms with E-state index in [4.69, 9.17) is 10.2 Å². The van der Waals surface area contributed by atoms with Crippen LogP contribution in [0.25, 0.3) is 0 Å². The molecule has 1 aromatic heterocycles. The van der Waals surface area contributed by atoms with Crippen molar-refractivity contribution < 1.29 is 4.42 Å². The molecule has 1 saturated heterocycles. The summed E-state index contributed by atoms with van der Waals surface area (Å²) < 4.78 is 5.59. The lowest BCUT2D eigenvalue weighted by molar-refractivity contribution is 0.324. The summed E-state index contributed by atoms with van der Waals surface area (Å²) in [5, 5.41) is 3.39. The van der Waals surface area contributed by atoms with Gasteiger partial charge in [-0.1, -0.05) is 6.42 Å². The molecule has 4 nitrogen and oxygen atoms in total.